The fourth-order valence-corrected chi connectivity index (χ4v) is 5.14. The first-order valence-electron chi connectivity index (χ1n) is 13.6. The third-order valence-corrected chi connectivity index (χ3v) is 7.49. The van der Waals surface area contributed by atoms with Crippen molar-refractivity contribution in [1.29, 1.82) is 0 Å². The number of aromatic hydroxyl groups is 1. The Labute approximate surface area is 242 Å². The minimum absolute atomic E-state index is 0.102. The van der Waals surface area contributed by atoms with Crippen LogP contribution in [0.15, 0.2) is 78.2 Å². The van der Waals surface area contributed by atoms with Crippen LogP contribution in [0.2, 0.25) is 0 Å². The number of hydrogen-bond acceptors (Lipinski definition) is 8. The molecule has 0 unspecified atom stereocenters. The zero-order valence-electron chi connectivity index (χ0n) is 23.3. The molecule has 0 bridgehead atoms. The molecule has 3 aromatic carbocycles. The van der Waals surface area contributed by atoms with Crippen molar-refractivity contribution in [2.75, 3.05) is 40.3 Å². The molecule has 214 valence electrons. The molecular weight excluding hydrogens is 536 g/mol. The summed E-state index contributed by atoms with van der Waals surface area (Å²) in [6, 6.07) is 17.9. The van der Waals surface area contributed by atoms with E-state index >= 15 is 0 Å². The number of rotatable bonds is 6. The average Bonchev–Trinajstić information content (AvgIpc) is 3.34. The van der Waals surface area contributed by atoms with Crippen molar-refractivity contribution < 1.29 is 28.9 Å². The van der Waals surface area contributed by atoms with Gasteiger partial charge in [0.1, 0.15) is 12.5 Å². The number of amides is 1. The van der Waals surface area contributed by atoms with Crippen LogP contribution < -0.4 is 9.47 Å². The Morgan fingerprint density at radius 1 is 0.929 bits per heavy atom. The highest BCUT2D eigenvalue weighted by atomic mass is 16.5. The van der Waals surface area contributed by atoms with Crippen LogP contribution in [0.1, 0.15) is 27.0 Å². The van der Waals surface area contributed by atoms with Crippen LogP contribution in [-0.4, -0.2) is 77.8 Å². The number of benzene rings is 3. The molecule has 1 fully saturated rings. The van der Waals surface area contributed by atoms with E-state index in [-0.39, 0.29) is 11.8 Å². The molecule has 2 aliphatic heterocycles. The summed E-state index contributed by atoms with van der Waals surface area (Å²) in [6.45, 7) is 3.23. The molecule has 0 radical (unpaired) electrons. The minimum atomic E-state index is -0.479. The largest absolute Gasteiger partial charge is 0.494 e. The van der Waals surface area contributed by atoms with Gasteiger partial charge >= 0.3 is 5.97 Å². The normalized spacial score (nSPS) is 15.2. The maximum Gasteiger partial charge on any atom is 0.337 e. The van der Waals surface area contributed by atoms with Crippen LogP contribution in [-0.2, 0) is 16.0 Å². The summed E-state index contributed by atoms with van der Waals surface area (Å²) < 4.78 is 16.0. The fraction of sp³-hybridized carbons (Fsp3) is 0.219. The average molecular weight is 567 g/mol. The first-order valence-corrected chi connectivity index (χ1v) is 13.6. The van der Waals surface area contributed by atoms with Crippen molar-refractivity contribution in [3.05, 3.63) is 95.4 Å². The molecule has 10 heteroatoms. The zero-order valence-corrected chi connectivity index (χ0v) is 23.3. The van der Waals surface area contributed by atoms with Crippen molar-refractivity contribution in [2.24, 2.45) is 4.99 Å². The van der Waals surface area contributed by atoms with E-state index in [1.807, 2.05) is 35.2 Å². The number of aliphatic imine (C=N–C) groups is 1. The van der Waals surface area contributed by atoms with Crippen LogP contribution in [0.4, 0.5) is 5.69 Å². The summed E-state index contributed by atoms with van der Waals surface area (Å²) in [6.07, 6.45) is 3.22. The van der Waals surface area contributed by atoms with Crippen LogP contribution in [0.5, 0.6) is 17.4 Å². The van der Waals surface area contributed by atoms with Gasteiger partial charge in [-0.3, -0.25) is 4.79 Å². The molecule has 1 aromatic heterocycles. The van der Waals surface area contributed by atoms with Crippen molar-refractivity contribution >= 4 is 34.2 Å². The van der Waals surface area contributed by atoms with E-state index in [1.165, 1.54) is 19.6 Å². The molecular formula is C32H30N4O6. The number of aromatic amines is 1. The Morgan fingerprint density at radius 3 is 2.38 bits per heavy atom. The van der Waals surface area contributed by atoms with E-state index in [4.69, 9.17) is 19.2 Å². The van der Waals surface area contributed by atoms with Crippen LogP contribution in [0.25, 0.3) is 10.9 Å². The Bertz CT molecular complexity index is 1720. The van der Waals surface area contributed by atoms with Gasteiger partial charge in [-0.1, -0.05) is 18.2 Å². The number of piperazine rings is 1. The number of carbonyl (C=O) groups excluding carboxylic acids is 2. The lowest BCUT2D eigenvalue weighted by atomic mass is 9.99. The number of fused-ring (bicyclic) bond motifs is 2. The van der Waals surface area contributed by atoms with Crippen LogP contribution in [0.3, 0.4) is 0 Å². The number of esters is 1. The molecule has 0 spiro atoms. The van der Waals surface area contributed by atoms with Crippen molar-refractivity contribution in [3.8, 4) is 17.4 Å². The smallest absolute Gasteiger partial charge is 0.337 e. The molecule has 0 saturated carbocycles. The number of aromatic nitrogens is 1. The van der Waals surface area contributed by atoms with Gasteiger partial charge in [-0.2, -0.15) is 0 Å². The summed E-state index contributed by atoms with van der Waals surface area (Å²) >= 11 is 0. The van der Waals surface area contributed by atoms with Gasteiger partial charge < -0.3 is 34.1 Å². The number of carbonyl (C=O) groups is 2. The number of nitrogens with zero attached hydrogens (tertiary/aromatic N) is 3. The highest BCUT2D eigenvalue weighted by Crippen LogP contribution is 2.36. The molecule has 1 amide bonds. The first kappa shape index (κ1) is 27.1. The molecule has 0 atom stereocenters. The number of nitrogens with one attached hydrogen (secondary N) is 1. The Hall–Kier alpha value is -5.09. The third kappa shape index (κ3) is 5.44. The highest BCUT2D eigenvalue weighted by molar-refractivity contribution is 6.22. The van der Waals surface area contributed by atoms with E-state index in [0.29, 0.717) is 56.9 Å². The summed E-state index contributed by atoms with van der Waals surface area (Å²) in [5.74, 6) is 0.594. The predicted molar refractivity (Wildman–Crippen MR) is 158 cm³/mol. The summed E-state index contributed by atoms with van der Waals surface area (Å²) in [5, 5.41) is 11.8. The molecule has 2 aliphatic rings. The Kier molecular flexibility index (Phi) is 7.37. The van der Waals surface area contributed by atoms with E-state index in [9.17, 15) is 14.7 Å². The van der Waals surface area contributed by atoms with E-state index in [1.54, 1.807) is 30.3 Å². The standard InChI is InChI=1S/C32H30N4O6/c1-35-11-13-36(14-12-35)28(37)17-20-3-7-23(8-4-20)33-30(21-6-10-26-27(19-21)42-16-15-41-26)29-24-9-5-22(32(39)40-2)18-25(24)34-31(29)38/h3-10,15-16,18-19,34,38H,11-14,17H2,1-2H3. The van der Waals surface area contributed by atoms with Gasteiger partial charge in [0, 0.05) is 42.6 Å². The van der Waals surface area contributed by atoms with Gasteiger partial charge in [0.05, 0.1) is 36.1 Å². The number of likely N-dealkylation sites (N-methyl/N-ethyl adjacent to an activating group) is 1. The highest BCUT2D eigenvalue weighted by Gasteiger charge is 2.22. The Morgan fingerprint density at radius 2 is 1.64 bits per heavy atom. The molecule has 1 saturated heterocycles. The fourth-order valence-electron chi connectivity index (χ4n) is 5.14. The quantitative estimate of drug-likeness (QED) is 0.263. The minimum Gasteiger partial charge on any atom is -0.494 e. The second kappa shape index (κ2) is 11.4. The second-order valence-corrected chi connectivity index (χ2v) is 10.3. The van der Waals surface area contributed by atoms with Gasteiger partial charge in [-0.05, 0) is 55.1 Å². The van der Waals surface area contributed by atoms with E-state index < -0.39 is 5.97 Å². The first-order chi connectivity index (χ1) is 20.4. The van der Waals surface area contributed by atoms with Crippen LogP contribution >= 0.6 is 0 Å². The molecule has 6 rings (SSSR count). The van der Waals surface area contributed by atoms with Gasteiger partial charge in [0.2, 0.25) is 5.91 Å². The lowest BCUT2D eigenvalue weighted by Gasteiger charge is -2.32. The third-order valence-electron chi connectivity index (χ3n) is 7.49. The number of hydrogen-bond donors (Lipinski definition) is 2. The Balaban J connectivity index is 1.36. The molecule has 2 N–H and O–H groups in total. The predicted octanol–water partition coefficient (Wildman–Crippen LogP) is 4.39. The monoisotopic (exact) mass is 566 g/mol. The van der Waals surface area contributed by atoms with Gasteiger partial charge in [-0.25, -0.2) is 9.79 Å². The lowest BCUT2D eigenvalue weighted by Crippen LogP contribution is -2.47. The molecule has 42 heavy (non-hydrogen) atoms. The van der Waals surface area contributed by atoms with Gasteiger partial charge in [0.25, 0.3) is 0 Å². The SMILES string of the molecule is COC(=O)c1ccc2c(C(=Nc3ccc(CC(=O)N4CCN(C)CC4)cc3)c3ccc4c(c3)OC=CO4)c(O)[nH]c2c1. The molecule has 4 aromatic rings. The van der Waals surface area contributed by atoms with Gasteiger partial charge in [0.15, 0.2) is 17.4 Å². The summed E-state index contributed by atoms with van der Waals surface area (Å²) in [4.78, 5) is 37.0. The second-order valence-electron chi connectivity index (χ2n) is 10.3. The number of methoxy groups -OCH3 is 1. The number of ether oxygens (including phenoxy) is 3. The van der Waals surface area contributed by atoms with Crippen LogP contribution in [0, 0.1) is 0 Å². The molecule has 10 nitrogen and oxygen atoms in total. The lowest BCUT2D eigenvalue weighted by molar-refractivity contribution is -0.132. The maximum absolute atomic E-state index is 12.8. The van der Waals surface area contributed by atoms with E-state index in [0.717, 1.165) is 31.7 Å². The van der Waals surface area contributed by atoms with Crippen molar-refractivity contribution in [1.82, 2.24) is 14.8 Å². The van der Waals surface area contributed by atoms with E-state index in [2.05, 4.69) is 16.9 Å². The summed E-state index contributed by atoms with van der Waals surface area (Å²) in [5.41, 5.74) is 4.05. The van der Waals surface area contributed by atoms with Crippen molar-refractivity contribution in [3.63, 3.8) is 0 Å². The summed E-state index contributed by atoms with van der Waals surface area (Å²) in [7, 11) is 3.38. The maximum atomic E-state index is 12.8. The van der Waals surface area contributed by atoms with Gasteiger partial charge in [-0.15, -0.1) is 0 Å². The topological polar surface area (TPSA) is 117 Å². The zero-order chi connectivity index (χ0) is 29.2. The molecule has 0 aliphatic carbocycles. The van der Waals surface area contributed by atoms with Crippen molar-refractivity contribution in [2.45, 2.75) is 6.42 Å². The number of H-pyrrole nitrogens is 1. The molecule has 3 heterocycles.